The number of hydrogen-bond donors (Lipinski definition) is 1. The molecule has 5 nitrogen and oxygen atoms in total. The van der Waals surface area contributed by atoms with Crippen LogP contribution in [-0.2, 0) is 19.1 Å². The number of unbranched alkanes of at least 4 members (excludes halogenated alkanes) is 14. The second-order valence-electron chi connectivity index (χ2n) is 8.58. The van der Waals surface area contributed by atoms with Crippen molar-refractivity contribution >= 4 is 11.9 Å². The number of carbonyl (C=O) groups excluding carboxylic acids is 2. The summed E-state index contributed by atoms with van der Waals surface area (Å²) in [6.45, 7) is 7.04. The standard InChI is InChI=1S/C27H48O5/c1-3-5-7-9-11-13-15-17-19-21-26(29)31-24-25(23-28)32-27(30)22-20-18-16-14-12-10-8-6-4-2/h3-4,25,28H,1-2,5-24H2/t25-/m0/s1. The summed E-state index contributed by atoms with van der Waals surface area (Å²) in [5.74, 6) is -0.627. The molecule has 0 aliphatic carbocycles. The second kappa shape index (κ2) is 24.0. The lowest BCUT2D eigenvalue weighted by Crippen LogP contribution is -2.28. The Kier molecular flexibility index (Phi) is 22.8. The summed E-state index contributed by atoms with van der Waals surface area (Å²) in [6.07, 6.45) is 21.7. The molecule has 186 valence electrons. The van der Waals surface area contributed by atoms with Crippen molar-refractivity contribution < 1.29 is 24.2 Å². The lowest BCUT2D eigenvalue weighted by molar-refractivity contribution is -0.161. The first-order valence-corrected chi connectivity index (χ1v) is 12.8. The lowest BCUT2D eigenvalue weighted by Gasteiger charge is -2.15. The predicted molar refractivity (Wildman–Crippen MR) is 131 cm³/mol. The van der Waals surface area contributed by atoms with E-state index in [1.807, 2.05) is 12.2 Å². The smallest absolute Gasteiger partial charge is 0.306 e. The average molecular weight is 453 g/mol. The predicted octanol–water partition coefficient (Wildman–Crippen LogP) is 6.83. The van der Waals surface area contributed by atoms with Crippen LogP contribution in [0, 0.1) is 0 Å². The maximum Gasteiger partial charge on any atom is 0.306 e. The monoisotopic (exact) mass is 452 g/mol. The Balaban J connectivity index is 3.63. The Labute approximate surface area is 196 Å². The molecule has 0 rings (SSSR count). The van der Waals surface area contributed by atoms with Crippen LogP contribution in [-0.4, -0.2) is 36.4 Å². The zero-order valence-corrected chi connectivity index (χ0v) is 20.4. The van der Waals surface area contributed by atoms with Crippen molar-refractivity contribution in [3.63, 3.8) is 0 Å². The first kappa shape index (κ1) is 30.4. The summed E-state index contributed by atoms with van der Waals surface area (Å²) in [5, 5.41) is 9.39. The molecular weight excluding hydrogens is 404 g/mol. The molecule has 5 heteroatoms. The number of allylic oxidation sites excluding steroid dienone is 2. The normalized spacial score (nSPS) is 11.7. The zero-order valence-electron chi connectivity index (χ0n) is 20.4. The molecule has 0 heterocycles. The van der Waals surface area contributed by atoms with Gasteiger partial charge in [-0.25, -0.2) is 0 Å². The third kappa shape index (κ3) is 21.6. The van der Waals surface area contributed by atoms with Gasteiger partial charge in [-0.1, -0.05) is 76.4 Å². The van der Waals surface area contributed by atoms with Crippen LogP contribution in [0.2, 0.25) is 0 Å². The van der Waals surface area contributed by atoms with Crippen molar-refractivity contribution in [2.75, 3.05) is 13.2 Å². The number of aliphatic hydroxyl groups is 1. The molecule has 0 radical (unpaired) electrons. The minimum Gasteiger partial charge on any atom is -0.462 e. The molecule has 0 unspecified atom stereocenters. The van der Waals surface area contributed by atoms with E-state index in [4.69, 9.17) is 9.47 Å². The van der Waals surface area contributed by atoms with Crippen LogP contribution >= 0.6 is 0 Å². The van der Waals surface area contributed by atoms with Gasteiger partial charge in [0.05, 0.1) is 6.61 Å². The maximum atomic E-state index is 11.9. The third-order valence-electron chi connectivity index (χ3n) is 5.51. The summed E-state index contributed by atoms with van der Waals surface area (Å²) in [6, 6.07) is 0. The van der Waals surface area contributed by atoms with Gasteiger partial charge in [0.15, 0.2) is 6.10 Å². The highest BCUT2D eigenvalue weighted by Crippen LogP contribution is 2.12. The molecule has 32 heavy (non-hydrogen) atoms. The molecule has 0 aromatic carbocycles. The summed E-state index contributed by atoms with van der Waals surface area (Å²) in [4.78, 5) is 23.8. The van der Waals surface area contributed by atoms with Crippen molar-refractivity contribution in [3.05, 3.63) is 25.3 Å². The molecule has 0 fully saturated rings. The highest BCUT2D eigenvalue weighted by atomic mass is 16.6. The fraction of sp³-hybridized carbons (Fsp3) is 0.778. The Morgan fingerprint density at radius 1 is 0.656 bits per heavy atom. The molecule has 1 N–H and O–H groups in total. The van der Waals surface area contributed by atoms with Crippen LogP contribution in [0.3, 0.4) is 0 Å². The summed E-state index contributed by atoms with van der Waals surface area (Å²) < 4.78 is 10.4. The first-order chi connectivity index (χ1) is 15.6. The summed E-state index contributed by atoms with van der Waals surface area (Å²) in [7, 11) is 0. The summed E-state index contributed by atoms with van der Waals surface area (Å²) >= 11 is 0. The van der Waals surface area contributed by atoms with Crippen LogP contribution in [0.15, 0.2) is 25.3 Å². The van der Waals surface area contributed by atoms with E-state index in [2.05, 4.69) is 13.2 Å². The minimum absolute atomic E-state index is 0.0743. The van der Waals surface area contributed by atoms with E-state index >= 15 is 0 Å². The average Bonchev–Trinajstić information content (AvgIpc) is 2.79. The van der Waals surface area contributed by atoms with Crippen molar-refractivity contribution in [3.8, 4) is 0 Å². The van der Waals surface area contributed by atoms with Gasteiger partial charge in [0.1, 0.15) is 6.61 Å². The van der Waals surface area contributed by atoms with Crippen LogP contribution in [0.25, 0.3) is 0 Å². The fourth-order valence-corrected chi connectivity index (χ4v) is 3.51. The van der Waals surface area contributed by atoms with Gasteiger partial charge >= 0.3 is 11.9 Å². The highest BCUT2D eigenvalue weighted by molar-refractivity contribution is 5.70. The minimum atomic E-state index is -0.771. The SMILES string of the molecule is C=CCCCCCCCCCC(=O)OC[C@H](CO)OC(=O)CCCCCCCCCC=C. The molecule has 0 aliphatic heterocycles. The number of rotatable bonds is 24. The number of carbonyl (C=O) groups is 2. The van der Waals surface area contributed by atoms with Gasteiger partial charge in [-0.3, -0.25) is 9.59 Å². The quantitative estimate of drug-likeness (QED) is 0.0987. The van der Waals surface area contributed by atoms with Crippen LogP contribution in [0.1, 0.15) is 116 Å². The van der Waals surface area contributed by atoms with Gasteiger partial charge in [-0.2, -0.15) is 0 Å². The van der Waals surface area contributed by atoms with Gasteiger partial charge in [0, 0.05) is 12.8 Å². The van der Waals surface area contributed by atoms with Crippen molar-refractivity contribution in [2.45, 2.75) is 122 Å². The van der Waals surface area contributed by atoms with Crippen LogP contribution in [0.5, 0.6) is 0 Å². The Morgan fingerprint density at radius 2 is 1.06 bits per heavy atom. The van der Waals surface area contributed by atoms with Crippen molar-refractivity contribution in [1.29, 1.82) is 0 Å². The second-order valence-corrected chi connectivity index (χ2v) is 8.58. The molecule has 0 aliphatic rings. The largest absolute Gasteiger partial charge is 0.462 e. The molecule has 0 saturated heterocycles. The van der Waals surface area contributed by atoms with Gasteiger partial charge in [-0.15, -0.1) is 13.2 Å². The molecule has 0 spiro atoms. The van der Waals surface area contributed by atoms with E-state index in [9.17, 15) is 14.7 Å². The van der Waals surface area contributed by atoms with Crippen LogP contribution in [0.4, 0.5) is 0 Å². The zero-order chi connectivity index (χ0) is 23.7. The van der Waals surface area contributed by atoms with E-state index in [0.29, 0.717) is 12.8 Å². The molecule has 0 aromatic heterocycles. The Bertz CT molecular complexity index is 475. The van der Waals surface area contributed by atoms with E-state index in [-0.39, 0.29) is 25.2 Å². The fourth-order valence-electron chi connectivity index (χ4n) is 3.51. The van der Waals surface area contributed by atoms with Gasteiger partial charge in [-0.05, 0) is 38.5 Å². The van der Waals surface area contributed by atoms with Crippen molar-refractivity contribution in [1.82, 2.24) is 0 Å². The lowest BCUT2D eigenvalue weighted by atomic mass is 10.1. The molecule has 1 atom stereocenters. The van der Waals surface area contributed by atoms with Gasteiger partial charge in [0.25, 0.3) is 0 Å². The number of esters is 2. The van der Waals surface area contributed by atoms with Gasteiger partial charge < -0.3 is 14.6 Å². The highest BCUT2D eigenvalue weighted by Gasteiger charge is 2.16. The van der Waals surface area contributed by atoms with Gasteiger partial charge in [0.2, 0.25) is 0 Å². The Morgan fingerprint density at radius 3 is 1.50 bits per heavy atom. The Hall–Kier alpha value is -1.62. The van der Waals surface area contributed by atoms with Crippen molar-refractivity contribution in [2.24, 2.45) is 0 Å². The number of aliphatic hydroxyl groups excluding tert-OH is 1. The number of ether oxygens (including phenoxy) is 2. The molecule has 0 saturated carbocycles. The molecular formula is C27H48O5. The number of hydrogen-bond acceptors (Lipinski definition) is 5. The molecule has 0 aromatic rings. The maximum absolute atomic E-state index is 11.9. The van der Waals surface area contributed by atoms with E-state index < -0.39 is 6.10 Å². The summed E-state index contributed by atoms with van der Waals surface area (Å²) in [5.41, 5.74) is 0. The third-order valence-corrected chi connectivity index (χ3v) is 5.51. The molecule has 0 amide bonds. The first-order valence-electron chi connectivity index (χ1n) is 12.8. The van der Waals surface area contributed by atoms with E-state index in [1.54, 1.807) is 0 Å². The van der Waals surface area contributed by atoms with Crippen LogP contribution < -0.4 is 0 Å². The van der Waals surface area contributed by atoms with E-state index in [0.717, 1.165) is 51.4 Å². The topological polar surface area (TPSA) is 72.8 Å². The van der Waals surface area contributed by atoms with E-state index in [1.165, 1.54) is 51.4 Å². The molecule has 0 bridgehead atoms.